The molecule has 1 aromatic carbocycles. The van der Waals surface area contributed by atoms with Crippen LogP contribution in [0.4, 0.5) is 0 Å². The molecule has 0 bridgehead atoms. The van der Waals surface area contributed by atoms with Gasteiger partial charge in [0.1, 0.15) is 12.2 Å². The first-order valence-corrected chi connectivity index (χ1v) is 8.78. The molecule has 3 aromatic rings. The summed E-state index contributed by atoms with van der Waals surface area (Å²) in [5.74, 6) is 1.08. The molecule has 0 amide bonds. The van der Waals surface area contributed by atoms with E-state index in [2.05, 4.69) is 4.90 Å². The summed E-state index contributed by atoms with van der Waals surface area (Å²) >= 11 is 0. The van der Waals surface area contributed by atoms with E-state index in [0.29, 0.717) is 29.1 Å². The van der Waals surface area contributed by atoms with Gasteiger partial charge in [0.05, 0.1) is 11.6 Å². The lowest BCUT2D eigenvalue weighted by Gasteiger charge is -2.26. The Bertz CT molecular complexity index is 898. The average Bonchev–Trinajstić information content (AvgIpc) is 3.19. The van der Waals surface area contributed by atoms with Gasteiger partial charge in [-0.1, -0.05) is 18.6 Å². The van der Waals surface area contributed by atoms with Crippen molar-refractivity contribution in [1.29, 1.82) is 0 Å². The number of rotatable bonds is 5. The Morgan fingerprint density at radius 3 is 2.62 bits per heavy atom. The molecule has 138 valence electrons. The maximum Gasteiger partial charge on any atom is 0.235 e. The minimum atomic E-state index is -0.160. The molecule has 0 atom stereocenters. The second-order valence-electron chi connectivity index (χ2n) is 6.31. The molecule has 1 aliphatic heterocycles. The van der Waals surface area contributed by atoms with Crippen LogP contribution in [0.2, 0.25) is 0 Å². The molecule has 1 aliphatic rings. The van der Waals surface area contributed by atoms with Crippen molar-refractivity contribution in [3.05, 3.63) is 52.9 Å². The number of piperidine rings is 1. The van der Waals surface area contributed by atoms with E-state index in [1.165, 1.54) is 19.3 Å². The molecule has 0 N–H and O–H groups in total. The van der Waals surface area contributed by atoms with Gasteiger partial charge in [0, 0.05) is 6.54 Å². The number of benzene rings is 1. The van der Waals surface area contributed by atoms with Crippen molar-refractivity contribution >= 4 is 28.0 Å². The summed E-state index contributed by atoms with van der Waals surface area (Å²) in [5.41, 5.74) is 0.370. The van der Waals surface area contributed by atoms with Gasteiger partial charge in [0.2, 0.25) is 16.9 Å². The first-order chi connectivity index (χ1) is 12.3. The number of likely N-dealkylation sites (tertiary alicyclic amines) is 1. The predicted octanol–water partition coefficient (Wildman–Crippen LogP) is 4.50. The Hall–Kier alpha value is -2.05. The van der Waals surface area contributed by atoms with Gasteiger partial charge in [-0.3, -0.25) is 9.69 Å². The molecule has 2 aromatic heterocycles. The molecule has 6 heteroatoms. The van der Waals surface area contributed by atoms with Crippen molar-refractivity contribution in [2.45, 2.75) is 19.3 Å². The Morgan fingerprint density at radius 1 is 1.04 bits per heavy atom. The molecule has 0 aliphatic carbocycles. The Morgan fingerprint density at radius 2 is 1.85 bits per heavy atom. The third kappa shape index (κ3) is 3.86. The number of para-hydroxylation sites is 1. The van der Waals surface area contributed by atoms with Crippen LogP contribution in [-0.2, 0) is 0 Å². The standard InChI is InChI=1S/C20H21NO4.BrH/c22-18-15-7-2-3-8-16(15)25-19(17-9-6-13-23-17)20(18)24-14-12-21-10-4-1-5-11-21;/h2-3,6-9,13H,1,4-5,10-12,14H2;1H. The Labute approximate surface area is 162 Å². The Balaban J connectivity index is 0.00000196. The highest BCUT2D eigenvalue weighted by Gasteiger charge is 2.20. The summed E-state index contributed by atoms with van der Waals surface area (Å²) in [6.45, 7) is 3.46. The van der Waals surface area contributed by atoms with E-state index in [4.69, 9.17) is 13.6 Å². The quantitative estimate of drug-likeness (QED) is 0.609. The van der Waals surface area contributed by atoms with Crippen molar-refractivity contribution in [3.63, 3.8) is 0 Å². The number of hydrogen-bond donors (Lipinski definition) is 0. The number of furan rings is 1. The minimum absolute atomic E-state index is 0. The average molecular weight is 420 g/mol. The van der Waals surface area contributed by atoms with E-state index in [-0.39, 0.29) is 28.2 Å². The van der Waals surface area contributed by atoms with Crippen LogP contribution in [-0.4, -0.2) is 31.1 Å². The molecule has 3 heterocycles. The normalized spacial score (nSPS) is 14.9. The topological polar surface area (TPSA) is 55.8 Å². The maximum absolute atomic E-state index is 12.9. The molecule has 26 heavy (non-hydrogen) atoms. The molecular weight excluding hydrogens is 398 g/mol. The van der Waals surface area contributed by atoms with Crippen LogP contribution >= 0.6 is 17.0 Å². The summed E-state index contributed by atoms with van der Waals surface area (Å²) < 4.78 is 17.3. The lowest BCUT2D eigenvalue weighted by atomic mass is 10.1. The summed E-state index contributed by atoms with van der Waals surface area (Å²) in [6.07, 6.45) is 5.32. The SMILES string of the molecule is Br.O=c1c(OCCN2CCCCC2)c(-c2ccco2)oc2ccccc12. The second-order valence-corrected chi connectivity index (χ2v) is 6.31. The van der Waals surface area contributed by atoms with Crippen molar-refractivity contribution in [2.24, 2.45) is 0 Å². The van der Waals surface area contributed by atoms with E-state index < -0.39 is 0 Å². The van der Waals surface area contributed by atoms with Gasteiger partial charge in [-0.2, -0.15) is 0 Å². The summed E-state index contributed by atoms with van der Waals surface area (Å²) in [6, 6.07) is 10.7. The summed E-state index contributed by atoms with van der Waals surface area (Å²) in [4.78, 5) is 15.3. The van der Waals surface area contributed by atoms with E-state index in [1.54, 1.807) is 30.5 Å². The van der Waals surface area contributed by atoms with Crippen LogP contribution in [0.3, 0.4) is 0 Å². The van der Waals surface area contributed by atoms with E-state index in [1.807, 2.05) is 12.1 Å². The van der Waals surface area contributed by atoms with Crippen LogP contribution in [0.15, 0.2) is 56.3 Å². The monoisotopic (exact) mass is 419 g/mol. The Kier molecular flexibility index (Phi) is 6.16. The van der Waals surface area contributed by atoms with Crippen LogP contribution in [0.1, 0.15) is 19.3 Å². The zero-order valence-electron chi connectivity index (χ0n) is 14.5. The minimum Gasteiger partial charge on any atom is -0.485 e. The van der Waals surface area contributed by atoms with Crippen molar-refractivity contribution in [1.82, 2.24) is 4.90 Å². The van der Waals surface area contributed by atoms with Crippen LogP contribution in [0, 0.1) is 0 Å². The highest BCUT2D eigenvalue weighted by Crippen LogP contribution is 2.31. The van der Waals surface area contributed by atoms with E-state index in [0.717, 1.165) is 19.6 Å². The van der Waals surface area contributed by atoms with Crippen LogP contribution in [0.25, 0.3) is 22.5 Å². The highest BCUT2D eigenvalue weighted by atomic mass is 79.9. The van der Waals surface area contributed by atoms with Gasteiger partial charge >= 0.3 is 0 Å². The predicted molar refractivity (Wildman–Crippen MR) is 106 cm³/mol. The van der Waals surface area contributed by atoms with Crippen molar-refractivity contribution in [2.75, 3.05) is 26.2 Å². The lowest BCUT2D eigenvalue weighted by Crippen LogP contribution is -2.33. The molecule has 0 spiro atoms. The van der Waals surface area contributed by atoms with Crippen molar-refractivity contribution in [3.8, 4) is 17.3 Å². The van der Waals surface area contributed by atoms with E-state index in [9.17, 15) is 4.79 Å². The number of halogens is 1. The molecule has 4 rings (SSSR count). The second kappa shape index (κ2) is 8.56. The van der Waals surface area contributed by atoms with Gasteiger partial charge in [-0.05, 0) is 50.2 Å². The van der Waals surface area contributed by atoms with Gasteiger partial charge in [-0.25, -0.2) is 0 Å². The third-order valence-corrected chi connectivity index (χ3v) is 4.60. The molecule has 1 fully saturated rings. The van der Waals surface area contributed by atoms with Crippen LogP contribution < -0.4 is 10.2 Å². The smallest absolute Gasteiger partial charge is 0.235 e. The molecular formula is C20H22BrNO4. The summed E-state index contributed by atoms with van der Waals surface area (Å²) in [5, 5.41) is 0.519. The molecule has 0 radical (unpaired) electrons. The van der Waals surface area contributed by atoms with Gasteiger partial charge in [0.15, 0.2) is 5.76 Å². The first kappa shape index (κ1) is 18.7. The zero-order chi connectivity index (χ0) is 17.1. The molecule has 0 saturated carbocycles. The number of fused-ring (bicyclic) bond motifs is 1. The number of ether oxygens (including phenoxy) is 1. The van der Waals surface area contributed by atoms with Crippen molar-refractivity contribution < 1.29 is 13.6 Å². The number of nitrogens with zero attached hydrogens (tertiary/aromatic N) is 1. The summed E-state index contributed by atoms with van der Waals surface area (Å²) in [7, 11) is 0. The van der Waals surface area contributed by atoms with E-state index >= 15 is 0 Å². The van der Waals surface area contributed by atoms with Crippen LogP contribution in [0.5, 0.6) is 5.75 Å². The highest BCUT2D eigenvalue weighted by molar-refractivity contribution is 8.93. The third-order valence-electron chi connectivity index (χ3n) is 4.60. The van der Waals surface area contributed by atoms with Gasteiger partial charge < -0.3 is 13.6 Å². The number of hydrogen-bond acceptors (Lipinski definition) is 5. The largest absolute Gasteiger partial charge is 0.485 e. The maximum atomic E-state index is 12.9. The molecule has 0 unspecified atom stereocenters. The first-order valence-electron chi connectivity index (χ1n) is 8.78. The molecule has 5 nitrogen and oxygen atoms in total. The fourth-order valence-corrected chi connectivity index (χ4v) is 3.29. The van der Waals surface area contributed by atoms with Gasteiger partial charge in [-0.15, -0.1) is 17.0 Å². The fraction of sp³-hybridized carbons (Fsp3) is 0.350. The van der Waals surface area contributed by atoms with Gasteiger partial charge in [0.25, 0.3) is 0 Å². The fourth-order valence-electron chi connectivity index (χ4n) is 3.29. The molecule has 1 saturated heterocycles. The lowest BCUT2D eigenvalue weighted by molar-refractivity contribution is 0.182. The zero-order valence-corrected chi connectivity index (χ0v) is 16.2.